The van der Waals surface area contributed by atoms with Gasteiger partial charge in [-0.2, -0.15) is 17.5 Å². The highest BCUT2D eigenvalue weighted by atomic mass is 32.2. The summed E-state index contributed by atoms with van der Waals surface area (Å²) in [5.74, 6) is -1.89. The zero-order valence-corrected chi connectivity index (χ0v) is 16.9. The van der Waals surface area contributed by atoms with Crippen LogP contribution in [0.5, 0.6) is 0 Å². The average molecular weight is 444 g/mol. The van der Waals surface area contributed by atoms with Crippen LogP contribution in [0.25, 0.3) is 0 Å². The molecule has 0 saturated carbocycles. The van der Waals surface area contributed by atoms with Crippen LogP contribution in [0.3, 0.4) is 0 Å². The largest absolute Gasteiger partial charge is 0.416 e. The fourth-order valence-electron chi connectivity index (χ4n) is 3.46. The summed E-state index contributed by atoms with van der Waals surface area (Å²) < 4.78 is 79.4. The van der Waals surface area contributed by atoms with Crippen LogP contribution in [0.15, 0.2) is 47.4 Å². The van der Waals surface area contributed by atoms with Crippen molar-refractivity contribution < 1.29 is 30.8 Å². The minimum atomic E-state index is -4.53. The molecule has 162 valence electrons. The van der Waals surface area contributed by atoms with E-state index in [0.717, 1.165) is 16.4 Å². The van der Waals surface area contributed by atoms with E-state index in [4.69, 9.17) is 0 Å². The number of hydrogen-bond acceptors (Lipinski definition) is 3. The zero-order chi connectivity index (χ0) is 22.1. The second kappa shape index (κ2) is 8.35. The molecule has 1 aliphatic rings. The van der Waals surface area contributed by atoms with E-state index in [1.165, 1.54) is 37.3 Å². The Balaban J connectivity index is 1.68. The maximum atomic E-state index is 13.9. The number of nitrogens with one attached hydrogen (secondary N) is 1. The summed E-state index contributed by atoms with van der Waals surface area (Å²) in [6.07, 6.45) is -4.17. The van der Waals surface area contributed by atoms with Gasteiger partial charge in [0, 0.05) is 24.7 Å². The first-order valence-electron chi connectivity index (χ1n) is 9.24. The molecule has 0 spiro atoms. The van der Waals surface area contributed by atoms with Gasteiger partial charge in [0.2, 0.25) is 15.9 Å². The molecule has 0 radical (unpaired) electrons. The third-order valence-electron chi connectivity index (χ3n) is 5.18. The minimum absolute atomic E-state index is 0.0102. The molecule has 3 rings (SSSR count). The van der Waals surface area contributed by atoms with Gasteiger partial charge >= 0.3 is 6.18 Å². The molecule has 30 heavy (non-hydrogen) atoms. The Kier molecular flexibility index (Phi) is 6.19. The van der Waals surface area contributed by atoms with E-state index in [-0.39, 0.29) is 37.2 Å². The summed E-state index contributed by atoms with van der Waals surface area (Å²) in [5.41, 5.74) is -0.847. The average Bonchev–Trinajstić information content (AvgIpc) is 2.69. The first kappa shape index (κ1) is 22.2. The fraction of sp³-hybridized carbons (Fsp3) is 0.350. The third-order valence-corrected chi connectivity index (χ3v) is 7.11. The van der Waals surface area contributed by atoms with E-state index in [1.807, 2.05) is 0 Å². The van der Waals surface area contributed by atoms with E-state index < -0.39 is 44.3 Å². The number of alkyl halides is 3. The van der Waals surface area contributed by atoms with Gasteiger partial charge in [-0.15, -0.1) is 0 Å². The molecule has 1 aliphatic heterocycles. The Labute approximate surface area is 171 Å². The van der Waals surface area contributed by atoms with Crippen LogP contribution >= 0.6 is 0 Å². The number of rotatable bonds is 4. The van der Waals surface area contributed by atoms with Crippen LogP contribution in [-0.4, -0.2) is 31.7 Å². The Bertz CT molecular complexity index is 1050. The molecule has 1 heterocycles. The van der Waals surface area contributed by atoms with Crippen LogP contribution in [0.2, 0.25) is 0 Å². The zero-order valence-electron chi connectivity index (χ0n) is 16.0. The summed E-state index contributed by atoms with van der Waals surface area (Å²) in [6.45, 7) is 1.30. The monoisotopic (exact) mass is 444 g/mol. The number of nitrogens with zero attached hydrogens (tertiary/aromatic N) is 1. The molecule has 1 N–H and O–H groups in total. The molecule has 0 bridgehead atoms. The highest BCUT2D eigenvalue weighted by Crippen LogP contribution is 2.35. The van der Waals surface area contributed by atoms with Crippen molar-refractivity contribution >= 4 is 21.6 Å². The second-order valence-electron chi connectivity index (χ2n) is 7.07. The standard InChI is InChI=1S/C20H20F4N2O3S/c1-13-15(20(22,23)24)5-4-7-17(13)25-19(27)14-9-11-26(12-10-14)30(28,29)18-8-3-2-6-16(18)21/h2-8,14H,9-12H2,1H3,(H,25,27). The van der Waals surface area contributed by atoms with Crippen molar-refractivity contribution in [3.63, 3.8) is 0 Å². The van der Waals surface area contributed by atoms with Gasteiger partial charge in [-0.3, -0.25) is 4.79 Å². The SMILES string of the molecule is Cc1c(NC(=O)C2CCN(S(=O)(=O)c3ccccc3F)CC2)cccc1C(F)(F)F. The number of anilines is 1. The van der Waals surface area contributed by atoms with Crippen LogP contribution in [0.1, 0.15) is 24.0 Å². The predicted molar refractivity (Wildman–Crippen MR) is 103 cm³/mol. The van der Waals surface area contributed by atoms with Crippen molar-refractivity contribution in [2.45, 2.75) is 30.8 Å². The van der Waals surface area contributed by atoms with Gasteiger partial charge in [0.05, 0.1) is 5.56 Å². The van der Waals surface area contributed by atoms with Gasteiger partial charge in [0.25, 0.3) is 0 Å². The summed E-state index contributed by atoms with van der Waals surface area (Å²) >= 11 is 0. The lowest BCUT2D eigenvalue weighted by atomic mass is 9.96. The molecule has 0 aromatic heterocycles. The number of sulfonamides is 1. The first-order chi connectivity index (χ1) is 14.0. The predicted octanol–water partition coefficient (Wildman–Crippen LogP) is 4.19. The molecule has 0 unspecified atom stereocenters. The highest BCUT2D eigenvalue weighted by molar-refractivity contribution is 7.89. The Hall–Kier alpha value is -2.46. The highest BCUT2D eigenvalue weighted by Gasteiger charge is 2.35. The van der Waals surface area contributed by atoms with Gasteiger partial charge in [-0.25, -0.2) is 12.8 Å². The Morgan fingerprint density at radius 3 is 2.30 bits per heavy atom. The smallest absolute Gasteiger partial charge is 0.326 e. The molecule has 5 nitrogen and oxygen atoms in total. The number of benzene rings is 2. The maximum Gasteiger partial charge on any atom is 0.416 e. The van der Waals surface area contributed by atoms with E-state index in [9.17, 15) is 30.8 Å². The van der Waals surface area contributed by atoms with Crippen molar-refractivity contribution in [1.29, 1.82) is 0 Å². The normalized spacial score (nSPS) is 16.4. The van der Waals surface area contributed by atoms with Crippen molar-refractivity contribution in [3.8, 4) is 0 Å². The lowest BCUT2D eigenvalue weighted by Crippen LogP contribution is -2.41. The van der Waals surface area contributed by atoms with Gasteiger partial charge in [-0.1, -0.05) is 18.2 Å². The number of amides is 1. The summed E-state index contributed by atoms with van der Waals surface area (Å²) in [6, 6.07) is 8.60. The number of carbonyl (C=O) groups is 1. The van der Waals surface area contributed by atoms with E-state index in [1.54, 1.807) is 0 Å². The molecule has 2 aromatic carbocycles. The molecule has 0 aliphatic carbocycles. The van der Waals surface area contributed by atoms with E-state index in [2.05, 4.69) is 5.32 Å². The van der Waals surface area contributed by atoms with Crippen molar-refractivity contribution in [2.24, 2.45) is 5.92 Å². The first-order valence-corrected chi connectivity index (χ1v) is 10.7. The van der Waals surface area contributed by atoms with E-state index >= 15 is 0 Å². The molecule has 1 saturated heterocycles. The minimum Gasteiger partial charge on any atom is -0.326 e. The number of hydrogen-bond donors (Lipinski definition) is 1. The topological polar surface area (TPSA) is 66.5 Å². The van der Waals surface area contributed by atoms with Gasteiger partial charge in [0.15, 0.2) is 0 Å². The molecule has 1 amide bonds. The Morgan fingerprint density at radius 2 is 1.70 bits per heavy atom. The molecule has 10 heteroatoms. The van der Waals surface area contributed by atoms with Crippen LogP contribution in [0.4, 0.5) is 23.2 Å². The van der Waals surface area contributed by atoms with Crippen molar-refractivity contribution in [2.75, 3.05) is 18.4 Å². The second-order valence-corrected chi connectivity index (χ2v) is 8.98. The molecule has 0 atom stereocenters. The van der Waals surface area contributed by atoms with Gasteiger partial charge in [-0.05, 0) is 49.6 Å². The van der Waals surface area contributed by atoms with Crippen molar-refractivity contribution in [3.05, 3.63) is 59.4 Å². The molecular weight excluding hydrogens is 424 g/mol. The van der Waals surface area contributed by atoms with E-state index in [0.29, 0.717) is 0 Å². The lowest BCUT2D eigenvalue weighted by molar-refractivity contribution is -0.138. The van der Waals surface area contributed by atoms with Crippen molar-refractivity contribution in [1.82, 2.24) is 4.31 Å². The lowest BCUT2D eigenvalue weighted by Gasteiger charge is -2.30. The summed E-state index contributed by atoms with van der Waals surface area (Å²) in [5, 5.41) is 2.52. The van der Waals surface area contributed by atoms with Crippen LogP contribution in [-0.2, 0) is 21.0 Å². The molecule has 2 aromatic rings. The number of piperidine rings is 1. The quantitative estimate of drug-likeness (QED) is 0.719. The Morgan fingerprint density at radius 1 is 1.07 bits per heavy atom. The molecular formula is C20H20F4N2O3S. The summed E-state index contributed by atoms with van der Waals surface area (Å²) in [4.78, 5) is 12.1. The third kappa shape index (κ3) is 4.49. The number of halogens is 4. The summed E-state index contributed by atoms with van der Waals surface area (Å²) in [7, 11) is -4.03. The van der Waals surface area contributed by atoms with Gasteiger partial charge in [0.1, 0.15) is 10.7 Å². The van der Waals surface area contributed by atoms with Crippen LogP contribution < -0.4 is 5.32 Å². The van der Waals surface area contributed by atoms with Crippen LogP contribution in [0, 0.1) is 18.7 Å². The maximum absolute atomic E-state index is 13.9. The fourth-order valence-corrected chi connectivity index (χ4v) is 5.00. The molecule has 1 fully saturated rings. The van der Waals surface area contributed by atoms with Gasteiger partial charge < -0.3 is 5.32 Å². The number of carbonyl (C=O) groups excluding carboxylic acids is 1.